The predicted octanol–water partition coefficient (Wildman–Crippen LogP) is 2.50. The van der Waals surface area contributed by atoms with Gasteiger partial charge in [0.1, 0.15) is 5.75 Å². The molecular weight excluding hydrogens is 228 g/mol. The smallest absolute Gasteiger partial charge is 0.121 e. The molecule has 18 heavy (non-hydrogen) atoms. The predicted molar refractivity (Wildman–Crippen MR) is 74.0 cm³/mol. The van der Waals surface area contributed by atoms with Crippen molar-refractivity contribution in [3.05, 3.63) is 18.2 Å². The highest BCUT2D eigenvalue weighted by Gasteiger charge is 2.48. The van der Waals surface area contributed by atoms with Gasteiger partial charge in [0, 0.05) is 24.6 Å². The summed E-state index contributed by atoms with van der Waals surface area (Å²) in [6.45, 7) is 4.42. The summed E-state index contributed by atoms with van der Waals surface area (Å²) in [7, 11) is 3.41. The van der Waals surface area contributed by atoms with Crippen LogP contribution in [-0.2, 0) is 4.74 Å². The molecule has 1 aliphatic rings. The van der Waals surface area contributed by atoms with Crippen LogP contribution in [0.3, 0.4) is 0 Å². The van der Waals surface area contributed by atoms with Crippen molar-refractivity contribution in [3.8, 4) is 5.75 Å². The number of ether oxygens (including phenoxy) is 2. The molecule has 4 heteroatoms. The third-order valence-electron chi connectivity index (χ3n) is 4.05. The lowest BCUT2D eigenvalue weighted by atomic mass is 9.64. The molecule has 0 radical (unpaired) electrons. The summed E-state index contributed by atoms with van der Waals surface area (Å²) in [6, 6.07) is 6.10. The summed E-state index contributed by atoms with van der Waals surface area (Å²) in [5, 5.41) is 3.49. The van der Waals surface area contributed by atoms with E-state index < -0.39 is 0 Å². The lowest BCUT2D eigenvalue weighted by Gasteiger charge is -2.51. The maximum absolute atomic E-state index is 6.01. The average molecular weight is 250 g/mol. The number of benzene rings is 1. The minimum Gasteiger partial charge on any atom is -0.497 e. The van der Waals surface area contributed by atoms with Gasteiger partial charge >= 0.3 is 0 Å². The molecule has 0 saturated heterocycles. The van der Waals surface area contributed by atoms with Crippen molar-refractivity contribution >= 4 is 11.4 Å². The zero-order valence-electron chi connectivity index (χ0n) is 11.5. The first-order valence-corrected chi connectivity index (χ1v) is 6.22. The van der Waals surface area contributed by atoms with Crippen LogP contribution in [0.15, 0.2) is 18.2 Å². The zero-order valence-corrected chi connectivity index (χ0v) is 11.5. The van der Waals surface area contributed by atoms with Crippen molar-refractivity contribution in [2.24, 2.45) is 5.41 Å². The average Bonchev–Trinajstić information content (AvgIpc) is 2.35. The molecule has 3 N–H and O–H groups in total. The van der Waals surface area contributed by atoms with Gasteiger partial charge < -0.3 is 20.5 Å². The second kappa shape index (κ2) is 4.69. The molecule has 0 spiro atoms. The van der Waals surface area contributed by atoms with Crippen LogP contribution in [0.25, 0.3) is 0 Å². The number of nitrogens with one attached hydrogen (secondary N) is 1. The van der Waals surface area contributed by atoms with E-state index in [1.54, 1.807) is 14.2 Å². The summed E-state index contributed by atoms with van der Waals surface area (Å²) in [5.41, 5.74) is 7.81. The van der Waals surface area contributed by atoms with Gasteiger partial charge in [-0.15, -0.1) is 0 Å². The summed E-state index contributed by atoms with van der Waals surface area (Å²) < 4.78 is 10.6. The Balaban J connectivity index is 2.07. The van der Waals surface area contributed by atoms with Crippen LogP contribution in [0.4, 0.5) is 11.4 Å². The molecule has 0 amide bonds. The maximum atomic E-state index is 6.01. The van der Waals surface area contributed by atoms with Crippen LogP contribution in [0.2, 0.25) is 0 Å². The van der Waals surface area contributed by atoms with Crippen LogP contribution in [0, 0.1) is 5.41 Å². The Labute approximate surface area is 108 Å². The van der Waals surface area contributed by atoms with Crippen molar-refractivity contribution in [1.82, 2.24) is 0 Å². The van der Waals surface area contributed by atoms with Gasteiger partial charge in [0.05, 0.1) is 24.6 Å². The van der Waals surface area contributed by atoms with Crippen LogP contribution >= 0.6 is 0 Å². The molecule has 4 nitrogen and oxygen atoms in total. The van der Waals surface area contributed by atoms with Crippen molar-refractivity contribution in [3.63, 3.8) is 0 Å². The topological polar surface area (TPSA) is 56.5 Å². The van der Waals surface area contributed by atoms with Crippen LogP contribution < -0.4 is 15.8 Å². The molecule has 2 unspecified atom stereocenters. The van der Waals surface area contributed by atoms with Gasteiger partial charge in [0.25, 0.3) is 0 Å². The maximum Gasteiger partial charge on any atom is 0.121 e. The van der Waals surface area contributed by atoms with Crippen molar-refractivity contribution in [1.29, 1.82) is 0 Å². The summed E-state index contributed by atoms with van der Waals surface area (Å²) in [6.07, 6.45) is 1.32. The molecule has 0 heterocycles. The highest BCUT2D eigenvalue weighted by Crippen LogP contribution is 2.44. The number of nitrogen functional groups attached to an aromatic ring is 1. The molecular formula is C14H22N2O2. The SMILES string of the molecule is COc1ccc(NC2CC(OC)C2(C)C)c(N)c1. The van der Waals surface area contributed by atoms with E-state index in [1.165, 1.54) is 0 Å². The number of rotatable bonds is 4. The number of nitrogens with two attached hydrogens (primary N) is 1. The Morgan fingerprint density at radius 3 is 2.56 bits per heavy atom. The lowest BCUT2D eigenvalue weighted by Crippen LogP contribution is -2.57. The molecule has 0 bridgehead atoms. The van der Waals surface area contributed by atoms with E-state index in [4.69, 9.17) is 15.2 Å². The zero-order chi connectivity index (χ0) is 13.3. The summed E-state index contributed by atoms with van der Waals surface area (Å²) in [4.78, 5) is 0. The van der Waals surface area contributed by atoms with Gasteiger partial charge in [0.15, 0.2) is 0 Å². The van der Waals surface area contributed by atoms with Gasteiger partial charge in [0.2, 0.25) is 0 Å². The Bertz CT molecular complexity index is 432. The highest BCUT2D eigenvalue weighted by molar-refractivity contribution is 5.68. The minimum atomic E-state index is 0.126. The monoisotopic (exact) mass is 250 g/mol. The van der Waals surface area contributed by atoms with Crippen molar-refractivity contribution in [2.75, 3.05) is 25.3 Å². The van der Waals surface area contributed by atoms with Crippen molar-refractivity contribution in [2.45, 2.75) is 32.4 Å². The molecule has 2 rings (SSSR count). The van der Waals surface area contributed by atoms with Gasteiger partial charge in [-0.3, -0.25) is 0 Å². The van der Waals surface area contributed by atoms with Crippen LogP contribution in [0.1, 0.15) is 20.3 Å². The lowest BCUT2D eigenvalue weighted by molar-refractivity contribution is -0.0794. The van der Waals surface area contributed by atoms with E-state index in [0.717, 1.165) is 17.9 Å². The van der Waals surface area contributed by atoms with E-state index >= 15 is 0 Å². The van der Waals surface area contributed by atoms with E-state index in [1.807, 2.05) is 18.2 Å². The summed E-state index contributed by atoms with van der Waals surface area (Å²) >= 11 is 0. The van der Waals surface area contributed by atoms with Crippen LogP contribution in [-0.4, -0.2) is 26.4 Å². The van der Waals surface area contributed by atoms with Gasteiger partial charge in [-0.2, -0.15) is 0 Å². The first-order valence-electron chi connectivity index (χ1n) is 6.22. The number of anilines is 2. The van der Waals surface area contributed by atoms with E-state index in [-0.39, 0.29) is 5.41 Å². The molecule has 1 fully saturated rings. The van der Waals surface area contributed by atoms with E-state index in [0.29, 0.717) is 17.8 Å². The Kier molecular flexibility index (Phi) is 3.39. The quantitative estimate of drug-likeness (QED) is 0.806. The third-order valence-corrected chi connectivity index (χ3v) is 4.05. The molecule has 1 aliphatic carbocycles. The number of hydrogen-bond donors (Lipinski definition) is 2. The van der Waals surface area contributed by atoms with Gasteiger partial charge in [-0.1, -0.05) is 13.8 Å². The standard InChI is InChI=1S/C14H22N2O2/c1-14(2)12(8-13(14)18-4)16-11-6-5-9(17-3)7-10(11)15/h5-7,12-13,16H,8,15H2,1-4H3. The third kappa shape index (κ3) is 2.12. The Hall–Kier alpha value is -1.42. The summed E-state index contributed by atoms with van der Waals surface area (Å²) in [5.74, 6) is 0.778. The molecule has 1 saturated carbocycles. The molecule has 100 valence electrons. The normalized spacial score (nSPS) is 25.3. The minimum absolute atomic E-state index is 0.126. The highest BCUT2D eigenvalue weighted by atomic mass is 16.5. The van der Waals surface area contributed by atoms with Crippen LogP contribution in [0.5, 0.6) is 5.75 Å². The fourth-order valence-corrected chi connectivity index (χ4v) is 2.52. The molecule has 1 aromatic carbocycles. The first kappa shape index (κ1) is 13.0. The van der Waals surface area contributed by atoms with E-state index in [2.05, 4.69) is 19.2 Å². The Morgan fingerprint density at radius 1 is 1.33 bits per heavy atom. The number of hydrogen-bond acceptors (Lipinski definition) is 4. The van der Waals surface area contributed by atoms with E-state index in [9.17, 15) is 0 Å². The van der Waals surface area contributed by atoms with Gasteiger partial charge in [-0.05, 0) is 18.6 Å². The first-order chi connectivity index (χ1) is 8.48. The van der Waals surface area contributed by atoms with Gasteiger partial charge in [-0.25, -0.2) is 0 Å². The molecule has 0 aromatic heterocycles. The fourth-order valence-electron chi connectivity index (χ4n) is 2.52. The largest absolute Gasteiger partial charge is 0.497 e. The second-order valence-corrected chi connectivity index (χ2v) is 5.43. The molecule has 2 atom stereocenters. The Morgan fingerprint density at radius 2 is 2.06 bits per heavy atom. The molecule has 1 aromatic rings. The number of methoxy groups -OCH3 is 2. The second-order valence-electron chi connectivity index (χ2n) is 5.43. The van der Waals surface area contributed by atoms with Crippen molar-refractivity contribution < 1.29 is 9.47 Å². The molecule has 0 aliphatic heterocycles. The fraction of sp³-hybridized carbons (Fsp3) is 0.571.